The standard InChI is InChI=1S/C6H14N2O2/c1-5(2)7-4-3-6(9)8-10/h5,7,10H,3-4H2,1-2H3,(H,8,9). The van der Waals surface area contributed by atoms with Gasteiger partial charge in [-0.1, -0.05) is 13.8 Å². The van der Waals surface area contributed by atoms with Gasteiger partial charge in [0.25, 0.3) is 0 Å². The second-order valence-electron chi connectivity index (χ2n) is 2.39. The summed E-state index contributed by atoms with van der Waals surface area (Å²) in [7, 11) is 0. The summed E-state index contributed by atoms with van der Waals surface area (Å²) in [5, 5.41) is 11.1. The maximum atomic E-state index is 10.4. The molecule has 0 rings (SSSR count). The average Bonchev–Trinajstić information content (AvgIpc) is 1.87. The zero-order chi connectivity index (χ0) is 7.98. The van der Waals surface area contributed by atoms with Gasteiger partial charge in [0.15, 0.2) is 0 Å². The number of carbonyl (C=O) groups excluding carboxylic acids is 1. The minimum absolute atomic E-state index is 0.314. The molecule has 0 radical (unpaired) electrons. The highest BCUT2D eigenvalue weighted by Gasteiger charge is 1.97. The van der Waals surface area contributed by atoms with Gasteiger partial charge in [0.1, 0.15) is 0 Å². The lowest BCUT2D eigenvalue weighted by molar-refractivity contribution is -0.129. The summed E-state index contributed by atoms with van der Waals surface area (Å²) in [6, 6.07) is 0.381. The van der Waals surface area contributed by atoms with Gasteiger partial charge in [0.05, 0.1) is 0 Å². The predicted molar refractivity (Wildman–Crippen MR) is 37.7 cm³/mol. The van der Waals surface area contributed by atoms with Crippen LogP contribution in [-0.4, -0.2) is 23.7 Å². The van der Waals surface area contributed by atoms with Crippen molar-refractivity contribution < 1.29 is 10.0 Å². The van der Waals surface area contributed by atoms with Crippen molar-refractivity contribution in [3.8, 4) is 0 Å². The van der Waals surface area contributed by atoms with Crippen LogP contribution in [-0.2, 0) is 4.79 Å². The van der Waals surface area contributed by atoms with Crippen LogP contribution in [0.25, 0.3) is 0 Å². The molecule has 0 atom stereocenters. The number of rotatable bonds is 4. The van der Waals surface area contributed by atoms with E-state index in [1.54, 1.807) is 5.48 Å². The van der Waals surface area contributed by atoms with Crippen molar-refractivity contribution in [2.45, 2.75) is 26.3 Å². The predicted octanol–water partition coefficient (Wildman–Crippen LogP) is -0.120. The van der Waals surface area contributed by atoms with Crippen LogP contribution < -0.4 is 10.8 Å². The summed E-state index contributed by atoms with van der Waals surface area (Å²) in [5.41, 5.74) is 1.56. The SMILES string of the molecule is CC(C)NCCC(=O)NO. The van der Waals surface area contributed by atoms with Gasteiger partial charge in [0, 0.05) is 19.0 Å². The fraction of sp³-hybridized carbons (Fsp3) is 0.833. The van der Waals surface area contributed by atoms with Crippen LogP contribution in [0.4, 0.5) is 0 Å². The molecule has 4 heteroatoms. The first-order valence-corrected chi connectivity index (χ1v) is 3.33. The first kappa shape index (κ1) is 9.39. The van der Waals surface area contributed by atoms with Gasteiger partial charge in [0.2, 0.25) is 5.91 Å². The lowest BCUT2D eigenvalue weighted by Gasteiger charge is -2.05. The smallest absolute Gasteiger partial charge is 0.244 e. The average molecular weight is 146 g/mol. The molecule has 60 valence electrons. The van der Waals surface area contributed by atoms with Crippen molar-refractivity contribution in [3.05, 3.63) is 0 Å². The molecule has 1 amide bonds. The Morgan fingerprint density at radius 2 is 2.20 bits per heavy atom. The molecule has 0 saturated carbocycles. The third-order valence-corrected chi connectivity index (χ3v) is 1.03. The monoisotopic (exact) mass is 146 g/mol. The molecular weight excluding hydrogens is 132 g/mol. The minimum atomic E-state index is -0.354. The molecule has 4 nitrogen and oxygen atoms in total. The van der Waals surface area contributed by atoms with Crippen molar-refractivity contribution in [1.29, 1.82) is 0 Å². The van der Waals surface area contributed by atoms with Crippen LogP contribution in [0, 0.1) is 0 Å². The number of hydroxylamine groups is 1. The molecular formula is C6H14N2O2. The van der Waals surface area contributed by atoms with Crippen LogP contribution in [0.3, 0.4) is 0 Å². The minimum Gasteiger partial charge on any atom is -0.314 e. The lowest BCUT2D eigenvalue weighted by atomic mass is 10.3. The van der Waals surface area contributed by atoms with Crippen LogP contribution >= 0.6 is 0 Å². The highest BCUT2D eigenvalue weighted by atomic mass is 16.5. The Morgan fingerprint density at radius 3 is 2.60 bits per heavy atom. The second-order valence-corrected chi connectivity index (χ2v) is 2.39. The molecule has 0 unspecified atom stereocenters. The van der Waals surface area contributed by atoms with Crippen molar-refractivity contribution in [1.82, 2.24) is 10.8 Å². The van der Waals surface area contributed by atoms with Gasteiger partial charge in [-0.15, -0.1) is 0 Å². The summed E-state index contributed by atoms with van der Waals surface area (Å²) >= 11 is 0. The fourth-order valence-electron chi connectivity index (χ4n) is 0.530. The lowest BCUT2D eigenvalue weighted by Crippen LogP contribution is -2.29. The summed E-state index contributed by atoms with van der Waals surface area (Å²) in [6.45, 7) is 4.60. The van der Waals surface area contributed by atoms with Gasteiger partial charge in [-0.25, -0.2) is 5.48 Å². The third kappa shape index (κ3) is 5.53. The van der Waals surface area contributed by atoms with E-state index in [1.165, 1.54) is 0 Å². The van der Waals surface area contributed by atoms with Gasteiger partial charge in [-0.2, -0.15) is 0 Å². The molecule has 0 aromatic rings. The van der Waals surface area contributed by atoms with E-state index in [0.29, 0.717) is 19.0 Å². The van der Waals surface area contributed by atoms with Gasteiger partial charge in [-0.3, -0.25) is 10.0 Å². The second kappa shape index (κ2) is 5.20. The first-order valence-electron chi connectivity index (χ1n) is 3.33. The van der Waals surface area contributed by atoms with Gasteiger partial charge in [-0.05, 0) is 0 Å². The number of nitrogens with one attached hydrogen (secondary N) is 2. The van der Waals surface area contributed by atoms with Crippen molar-refractivity contribution >= 4 is 5.91 Å². The Kier molecular flexibility index (Phi) is 4.88. The molecule has 10 heavy (non-hydrogen) atoms. The van der Waals surface area contributed by atoms with E-state index in [-0.39, 0.29) is 5.91 Å². The van der Waals surface area contributed by atoms with Crippen molar-refractivity contribution in [2.75, 3.05) is 6.54 Å². The highest BCUT2D eigenvalue weighted by Crippen LogP contribution is 1.79. The van der Waals surface area contributed by atoms with E-state index in [1.807, 2.05) is 13.8 Å². The van der Waals surface area contributed by atoms with Crippen molar-refractivity contribution in [2.24, 2.45) is 0 Å². The number of carbonyl (C=O) groups is 1. The fourth-order valence-corrected chi connectivity index (χ4v) is 0.530. The zero-order valence-electron chi connectivity index (χ0n) is 6.35. The molecule has 0 aliphatic carbocycles. The maximum Gasteiger partial charge on any atom is 0.244 e. The Hall–Kier alpha value is -0.610. The molecule has 0 aliphatic heterocycles. The van der Waals surface area contributed by atoms with E-state index >= 15 is 0 Å². The van der Waals surface area contributed by atoms with Crippen molar-refractivity contribution in [3.63, 3.8) is 0 Å². The Bertz CT molecular complexity index is 104. The van der Waals surface area contributed by atoms with E-state index in [4.69, 9.17) is 5.21 Å². The molecule has 0 aliphatic rings. The molecule has 0 heterocycles. The molecule has 0 aromatic heterocycles. The summed E-state index contributed by atoms with van der Waals surface area (Å²) in [4.78, 5) is 10.4. The molecule has 0 fully saturated rings. The van der Waals surface area contributed by atoms with E-state index in [0.717, 1.165) is 0 Å². The van der Waals surface area contributed by atoms with E-state index in [2.05, 4.69) is 5.32 Å². The van der Waals surface area contributed by atoms with Gasteiger partial charge >= 0.3 is 0 Å². The summed E-state index contributed by atoms with van der Waals surface area (Å²) < 4.78 is 0. The normalized spacial score (nSPS) is 10.0. The number of hydrogen-bond acceptors (Lipinski definition) is 3. The van der Waals surface area contributed by atoms with E-state index < -0.39 is 0 Å². The third-order valence-electron chi connectivity index (χ3n) is 1.03. The van der Waals surface area contributed by atoms with Crippen LogP contribution in [0.5, 0.6) is 0 Å². The molecule has 0 saturated heterocycles. The summed E-state index contributed by atoms with van der Waals surface area (Å²) in [6.07, 6.45) is 0.314. The molecule has 0 spiro atoms. The Morgan fingerprint density at radius 1 is 1.60 bits per heavy atom. The number of hydrogen-bond donors (Lipinski definition) is 3. The van der Waals surface area contributed by atoms with Crippen LogP contribution in [0.15, 0.2) is 0 Å². The summed E-state index contributed by atoms with van der Waals surface area (Å²) in [5.74, 6) is -0.354. The number of amides is 1. The van der Waals surface area contributed by atoms with Crippen LogP contribution in [0.2, 0.25) is 0 Å². The topological polar surface area (TPSA) is 61.4 Å². The van der Waals surface area contributed by atoms with Gasteiger partial charge < -0.3 is 5.32 Å². The molecule has 0 bridgehead atoms. The Labute approximate surface area is 60.6 Å². The van der Waals surface area contributed by atoms with Crippen LogP contribution in [0.1, 0.15) is 20.3 Å². The molecule has 0 aromatic carbocycles. The first-order chi connectivity index (χ1) is 4.66. The molecule has 3 N–H and O–H groups in total. The highest BCUT2D eigenvalue weighted by molar-refractivity contribution is 5.74. The Balaban J connectivity index is 3.12. The largest absolute Gasteiger partial charge is 0.314 e. The maximum absolute atomic E-state index is 10.4. The van der Waals surface area contributed by atoms with E-state index in [9.17, 15) is 4.79 Å². The quantitative estimate of drug-likeness (QED) is 0.383. The zero-order valence-corrected chi connectivity index (χ0v) is 6.35.